The van der Waals surface area contributed by atoms with Crippen molar-refractivity contribution in [2.45, 2.75) is 58.2 Å². The molecule has 0 bridgehead atoms. The molecule has 1 atom stereocenters. The summed E-state index contributed by atoms with van der Waals surface area (Å²) in [7, 11) is 0. The van der Waals surface area contributed by atoms with Crippen molar-refractivity contribution in [2.24, 2.45) is 10.2 Å². The number of hydrogen-bond acceptors (Lipinski definition) is 7. The van der Waals surface area contributed by atoms with Crippen LogP contribution in [0.1, 0.15) is 49.6 Å². The summed E-state index contributed by atoms with van der Waals surface area (Å²) in [5, 5.41) is 8.10. The summed E-state index contributed by atoms with van der Waals surface area (Å²) in [6.07, 6.45) is 7.89. The summed E-state index contributed by atoms with van der Waals surface area (Å²) in [5.74, 6) is 0.831. The minimum absolute atomic E-state index is 0.165. The molecule has 0 aliphatic carbocycles. The number of piperazine rings is 1. The van der Waals surface area contributed by atoms with Gasteiger partial charge in [-0.1, -0.05) is 19.1 Å². The smallest absolute Gasteiger partial charge is 0.150 e. The van der Waals surface area contributed by atoms with E-state index in [1.165, 1.54) is 18.4 Å². The van der Waals surface area contributed by atoms with Crippen LogP contribution in [-0.4, -0.2) is 76.5 Å². The predicted molar refractivity (Wildman–Crippen MR) is 134 cm³/mol. The normalized spacial score (nSPS) is 22.4. The second-order valence-corrected chi connectivity index (χ2v) is 9.59. The molecule has 2 fully saturated rings. The molecule has 0 spiro atoms. The van der Waals surface area contributed by atoms with Gasteiger partial charge < -0.3 is 4.90 Å². The van der Waals surface area contributed by atoms with E-state index in [1.54, 1.807) is 18.3 Å². The number of likely N-dealkylation sites (tertiary alicyclic amines) is 1. The molecule has 2 aromatic rings. The molecule has 4 heterocycles. The highest BCUT2D eigenvalue weighted by atomic mass is 19.1. The summed E-state index contributed by atoms with van der Waals surface area (Å²) >= 11 is 0. The van der Waals surface area contributed by atoms with E-state index in [9.17, 15) is 4.39 Å². The lowest BCUT2D eigenvalue weighted by molar-refractivity contribution is 0.0610. The Bertz CT molecular complexity index is 1040. The van der Waals surface area contributed by atoms with Crippen molar-refractivity contribution in [3.8, 4) is 0 Å². The Morgan fingerprint density at radius 3 is 2.53 bits per heavy atom. The maximum Gasteiger partial charge on any atom is 0.150 e. The van der Waals surface area contributed by atoms with Crippen LogP contribution in [-0.2, 0) is 6.54 Å². The molecular weight excluding hydrogens is 429 g/mol. The molecule has 0 N–H and O–H groups in total. The molecule has 7 nitrogen and oxygen atoms in total. The van der Waals surface area contributed by atoms with Crippen LogP contribution >= 0.6 is 0 Å². The van der Waals surface area contributed by atoms with Crippen molar-refractivity contribution in [1.82, 2.24) is 19.8 Å². The van der Waals surface area contributed by atoms with E-state index in [0.29, 0.717) is 12.1 Å². The Morgan fingerprint density at radius 2 is 1.85 bits per heavy atom. The van der Waals surface area contributed by atoms with Crippen LogP contribution in [0.5, 0.6) is 0 Å². The quantitative estimate of drug-likeness (QED) is 0.654. The molecule has 180 valence electrons. The van der Waals surface area contributed by atoms with E-state index in [1.807, 2.05) is 25.3 Å². The third-order valence-corrected chi connectivity index (χ3v) is 7.41. The van der Waals surface area contributed by atoms with Gasteiger partial charge in [0.25, 0.3) is 0 Å². The van der Waals surface area contributed by atoms with Gasteiger partial charge in [0, 0.05) is 50.9 Å². The van der Waals surface area contributed by atoms with Gasteiger partial charge in [-0.25, -0.2) is 14.4 Å². The number of piperidine rings is 1. The van der Waals surface area contributed by atoms with Crippen molar-refractivity contribution in [1.29, 1.82) is 0 Å². The standard InChI is InChI=1S/C26H34FN7/c1-3-22-18-33(26-19(2)30-25(16-28-26)24-8-11-29-31-24)14-15-34(22)23-9-12-32(13-10-23)17-20-4-6-21(27)7-5-20/h4-7,11,16,22-23H,3,8-10,12-15,17-18H2,1-2H3/t22-/m0/s1. The van der Waals surface area contributed by atoms with Crippen molar-refractivity contribution >= 4 is 17.7 Å². The second-order valence-electron chi connectivity index (χ2n) is 9.59. The molecule has 1 aromatic carbocycles. The Hall–Kier alpha value is -2.71. The molecule has 0 amide bonds. The van der Waals surface area contributed by atoms with Gasteiger partial charge in [-0.05, 0) is 57.0 Å². The number of halogens is 1. The molecule has 34 heavy (non-hydrogen) atoms. The van der Waals surface area contributed by atoms with Crippen LogP contribution in [0.4, 0.5) is 10.2 Å². The van der Waals surface area contributed by atoms with Crippen LogP contribution in [0.15, 0.2) is 40.7 Å². The third kappa shape index (κ3) is 5.03. The fourth-order valence-corrected chi connectivity index (χ4v) is 5.52. The van der Waals surface area contributed by atoms with Crippen molar-refractivity contribution in [2.75, 3.05) is 37.6 Å². The molecule has 0 unspecified atom stereocenters. The zero-order valence-corrected chi connectivity index (χ0v) is 20.2. The van der Waals surface area contributed by atoms with E-state index in [0.717, 1.165) is 75.0 Å². The molecule has 2 saturated heterocycles. The first-order valence-corrected chi connectivity index (χ1v) is 12.5. The van der Waals surface area contributed by atoms with Gasteiger partial charge >= 0.3 is 0 Å². The molecule has 3 aliphatic rings. The lowest BCUT2D eigenvalue weighted by atomic mass is 9.97. The maximum atomic E-state index is 13.2. The first-order valence-electron chi connectivity index (χ1n) is 12.5. The first kappa shape index (κ1) is 23.1. The van der Waals surface area contributed by atoms with Gasteiger partial charge in [0.1, 0.15) is 17.3 Å². The van der Waals surface area contributed by atoms with Crippen LogP contribution < -0.4 is 4.90 Å². The maximum absolute atomic E-state index is 13.2. The fraction of sp³-hybridized carbons (Fsp3) is 0.538. The lowest BCUT2D eigenvalue weighted by Crippen LogP contribution is -2.58. The Morgan fingerprint density at radius 1 is 1.06 bits per heavy atom. The number of aryl methyl sites for hydroxylation is 1. The van der Waals surface area contributed by atoms with Gasteiger partial charge in [0.05, 0.1) is 17.6 Å². The third-order valence-electron chi connectivity index (χ3n) is 7.41. The summed E-state index contributed by atoms with van der Waals surface area (Å²) in [4.78, 5) is 17.2. The van der Waals surface area contributed by atoms with Crippen LogP contribution in [0.2, 0.25) is 0 Å². The zero-order valence-electron chi connectivity index (χ0n) is 20.2. The highest BCUT2D eigenvalue weighted by molar-refractivity contribution is 6.08. The van der Waals surface area contributed by atoms with Crippen LogP contribution in [0.25, 0.3) is 0 Å². The second kappa shape index (κ2) is 10.3. The van der Waals surface area contributed by atoms with E-state index in [-0.39, 0.29) is 5.82 Å². The van der Waals surface area contributed by atoms with Gasteiger partial charge in [0.15, 0.2) is 0 Å². The van der Waals surface area contributed by atoms with Crippen molar-refractivity contribution in [3.63, 3.8) is 0 Å². The van der Waals surface area contributed by atoms with Gasteiger partial charge in [0.2, 0.25) is 0 Å². The largest absolute Gasteiger partial charge is 0.352 e. The van der Waals surface area contributed by atoms with E-state index >= 15 is 0 Å². The Kier molecular flexibility index (Phi) is 6.97. The monoisotopic (exact) mass is 463 g/mol. The van der Waals surface area contributed by atoms with Gasteiger partial charge in [-0.15, -0.1) is 0 Å². The highest BCUT2D eigenvalue weighted by Gasteiger charge is 2.34. The van der Waals surface area contributed by atoms with E-state index < -0.39 is 0 Å². The summed E-state index contributed by atoms with van der Waals surface area (Å²) in [6, 6.07) is 8.08. The Labute approximate surface area is 201 Å². The van der Waals surface area contributed by atoms with E-state index in [2.05, 4.69) is 31.8 Å². The number of aromatic nitrogens is 2. The highest BCUT2D eigenvalue weighted by Crippen LogP contribution is 2.27. The van der Waals surface area contributed by atoms with Crippen molar-refractivity contribution in [3.05, 3.63) is 53.2 Å². The molecule has 5 rings (SSSR count). The summed E-state index contributed by atoms with van der Waals surface area (Å²) < 4.78 is 13.2. The fourth-order valence-electron chi connectivity index (χ4n) is 5.52. The molecule has 0 radical (unpaired) electrons. The number of rotatable bonds is 6. The minimum Gasteiger partial charge on any atom is -0.352 e. The minimum atomic E-state index is -0.165. The summed E-state index contributed by atoms with van der Waals surface area (Å²) in [6.45, 7) is 10.5. The van der Waals surface area contributed by atoms with Crippen LogP contribution in [0.3, 0.4) is 0 Å². The zero-order chi connectivity index (χ0) is 23.5. The van der Waals surface area contributed by atoms with Crippen LogP contribution in [0, 0.1) is 12.7 Å². The Balaban J connectivity index is 1.17. The number of anilines is 1. The average Bonchev–Trinajstić information content (AvgIpc) is 3.41. The molecule has 3 aliphatic heterocycles. The predicted octanol–water partition coefficient (Wildman–Crippen LogP) is 3.67. The first-order chi connectivity index (χ1) is 16.6. The van der Waals surface area contributed by atoms with Gasteiger partial charge in [-0.2, -0.15) is 10.2 Å². The topological polar surface area (TPSA) is 60.2 Å². The lowest BCUT2D eigenvalue weighted by Gasteiger charge is -2.47. The SMILES string of the molecule is CC[C@H]1CN(c2ncc(C3=NN=CC3)nc2C)CCN1C1CCN(Cc2ccc(F)cc2)CC1. The number of nitrogens with zero attached hydrogens (tertiary/aromatic N) is 7. The van der Waals surface area contributed by atoms with Crippen molar-refractivity contribution < 1.29 is 4.39 Å². The molecular formula is C26H34FN7. The van der Waals surface area contributed by atoms with E-state index in [4.69, 9.17) is 9.97 Å². The molecule has 1 aromatic heterocycles. The molecule has 8 heteroatoms. The number of hydrogen-bond donors (Lipinski definition) is 0. The summed E-state index contributed by atoms with van der Waals surface area (Å²) in [5.41, 5.74) is 3.88. The molecule has 0 saturated carbocycles. The number of benzene rings is 1. The van der Waals surface area contributed by atoms with Gasteiger partial charge in [-0.3, -0.25) is 9.80 Å². The average molecular weight is 464 g/mol.